The molecule has 1 rings (SSSR count). The number of hydrogen-bond donors (Lipinski definition) is 0. The molecule has 102 valence electrons. The Balaban J connectivity index is 3.04. The number of carbonyl (C=O) groups is 1. The van der Waals surface area contributed by atoms with Crippen molar-refractivity contribution in [3.05, 3.63) is 35.9 Å². The third-order valence-electron chi connectivity index (χ3n) is 2.63. The number of carbonyl (C=O) groups excluding carboxylic acids is 1. The highest BCUT2D eigenvalue weighted by atomic mass is 16.5. The third kappa shape index (κ3) is 3.40. The maximum atomic E-state index is 12.1. The fourth-order valence-corrected chi connectivity index (χ4v) is 1.56. The van der Waals surface area contributed by atoms with Gasteiger partial charge in [0.15, 0.2) is 5.76 Å². The fraction of sp³-hybridized carbons (Fsp3) is 0.357. The smallest absolute Gasteiger partial charge is 0.313 e. The average molecular weight is 261 g/mol. The van der Waals surface area contributed by atoms with Crippen molar-refractivity contribution in [2.75, 3.05) is 12.1 Å². The molecule has 1 amide bonds. The quantitative estimate of drug-likeness (QED) is 0.354. The second-order valence-electron chi connectivity index (χ2n) is 4.21. The lowest BCUT2D eigenvalue weighted by Crippen LogP contribution is -2.27. The molecule has 0 aliphatic rings. The zero-order valence-electron chi connectivity index (χ0n) is 11.8. The summed E-state index contributed by atoms with van der Waals surface area (Å²) in [5, 5.41) is 4.89. The van der Waals surface area contributed by atoms with E-state index in [0.29, 0.717) is 11.6 Å². The van der Waals surface area contributed by atoms with Gasteiger partial charge in [0.1, 0.15) is 0 Å². The second-order valence-corrected chi connectivity index (χ2v) is 4.21. The monoisotopic (exact) mass is 261 g/mol. The molecular formula is C14H19N3O2. The van der Waals surface area contributed by atoms with Gasteiger partial charge in [0.2, 0.25) is 0 Å². The molecule has 0 spiro atoms. The van der Waals surface area contributed by atoms with Crippen molar-refractivity contribution in [2.24, 2.45) is 5.10 Å². The Morgan fingerprint density at radius 1 is 1.53 bits per heavy atom. The minimum absolute atomic E-state index is 0.209. The molecule has 0 fully saturated rings. The van der Waals surface area contributed by atoms with Crippen molar-refractivity contribution in [2.45, 2.75) is 26.7 Å². The maximum absolute atomic E-state index is 12.1. The van der Waals surface area contributed by atoms with Crippen LogP contribution in [0.15, 0.2) is 35.3 Å². The number of ether oxygens (including phenoxy) is 1. The van der Waals surface area contributed by atoms with Crippen molar-refractivity contribution in [1.29, 1.82) is 0 Å². The number of amides is 1. The first-order valence-corrected chi connectivity index (χ1v) is 6.02. The Bertz CT molecular complexity index is 478. The molecule has 5 heteroatoms. The van der Waals surface area contributed by atoms with E-state index >= 15 is 0 Å². The van der Waals surface area contributed by atoms with E-state index in [1.165, 1.54) is 7.11 Å². The van der Waals surface area contributed by atoms with Gasteiger partial charge >= 0.3 is 5.91 Å². The summed E-state index contributed by atoms with van der Waals surface area (Å²) in [4.78, 5) is 16.4. The molecule has 1 aromatic heterocycles. The van der Waals surface area contributed by atoms with Gasteiger partial charge in [-0.15, -0.1) is 0 Å². The van der Waals surface area contributed by atoms with Crippen LogP contribution in [-0.2, 0) is 9.53 Å². The number of aromatic nitrogens is 1. The zero-order valence-corrected chi connectivity index (χ0v) is 11.8. The van der Waals surface area contributed by atoms with Gasteiger partial charge in [-0.3, -0.25) is 9.78 Å². The Morgan fingerprint density at radius 3 is 2.58 bits per heavy atom. The maximum Gasteiger partial charge on any atom is 0.313 e. The highest BCUT2D eigenvalue weighted by Crippen LogP contribution is 2.19. The number of hydrogen-bond acceptors (Lipinski definition) is 4. The van der Waals surface area contributed by atoms with Crippen molar-refractivity contribution in [3.8, 4) is 0 Å². The van der Waals surface area contributed by atoms with Crippen molar-refractivity contribution < 1.29 is 9.53 Å². The molecule has 0 radical (unpaired) electrons. The van der Waals surface area contributed by atoms with Gasteiger partial charge in [-0.05, 0) is 31.1 Å². The Morgan fingerprint density at radius 2 is 2.21 bits per heavy atom. The molecule has 0 aliphatic carbocycles. The first-order valence-electron chi connectivity index (χ1n) is 6.02. The molecule has 0 aliphatic heterocycles. The normalized spacial score (nSPS) is 11.3. The lowest BCUT2D eigenvalue weighted by molar-refractivity contribution is -0.118. The highest BCUT2D eigenvalue weighted by molar-refractivity contribution is 6.03. The topological polar surface area (TPSA) is 54.8 Å². The molecule has 19 heavy (non-hydrogen) atoms. The molecule has 0 N–H and O–H groups in total. The summed E-state index contributed by atoms with van der Waals surface area (Å²) < 4.78 is 4.99. The van der Waals surface area contributed by atoms with E-state index in [1.54, 1.807) is 25.3 Å². The molecule has 1 aromatic rings. The van der Waals surface area contributed by atoms with Crippen LogP contribution < -0.4 is 5.01 Å². The SMILES string of the molecule is C=NN(C(=O)/C(=C\C)OC)c1ccc(C(C)C)nc1. The van der Waals surface area contributed by atoms with E-state index in [4.69, 9.17) is 4.74 Å². The minimum atomic E-state index is -0.376. The summed E-state index contributed by atoms with van der Waals surface area (Å²) in [6, 6.07) is 3.66. The van der Waals surface area contributed by atoms with Gasteiger partial charge in [-0.2, -0.15) is 10.1 Å². The number of methoxy groups -OCH3 is 1. The van der Waals surface area contributed by atoms with E-state index < -0.39 is 0 Å². The van der Waals surface area contributed by atoms with Gasteiger partial charge in [0.25, 0.3) is 0 Å². The summed E-state index contributed by atoms with van der Waals surface area (Å²) in [6.45, 7) is 9.24. The van der Waals surface area contributed by atoms with Crippen LogP contribution in [0.5, 0.6) is 0 Å². The molecule has 0 unspecified atom stereocenters. The summed E-state index contributed by atoms with van der Waals surface area (Å²) >= 11 is 0. The molecule has 0 saturated carbocycles. The van der Waals surface area contributed by atoms with Gasteiger partial charge in [0, 0.05) is 12.4 Å². The molecule has 0 saturated heterocycles. The largest absolute Gasteiger partial charge is 0.491 e. The summed E-state index contributed by atoms with van der Waals surface area (Å²) in [5.74, 6) is 0.166. The van der Waals surface area contributed by atoms with Crippen LogP contribution in [0.4, 0.5) is 5.69 Å². The number of nitrogens with zero attached hydrogens (tertiary/aromatic N) is 3. The number of anilines is 1. The predicted octanol–water partition coefficient (Wildman–Crippen LogP) is 2.70. The van der Waals surface area contributed by atoms with E-state index in [2.05, 4.69) is 30.7 Å². The fourth-order valence-electron chi connectivity index (χ4n) is 1.56. The van der Waals surface area contributed by atoms with Crippen LogP contribution in [0.25, 0.3) is 0 Å². The Labute approximate surface area is 113 Å². The first kappa shape index (κ1) is 14.9. The van der Waals surface area contributed by atoms with Gasteiger partial charge in [-0.25, -0.2) is 0 Å². The second kappa shape index (κ2) is 6.68. The average Bonchev–Trinajstić information content (AvgIpc) is 2.41. The lowest BCUT2D eigenvalue weighted by Gasteiger charge is -2.17. The minimum Gasteiger partial charge on any atom is -0.491 e. The standard InChI is InChI=1S/C14H19N3O2/c1-6-13(19-5)14(18)17(15-4)11-7-8-12(10(2)3)16-9-11/h6-10H,4H2,1-3,5H3/b13-6+. The highest BCUT2D eigenvalue weighted by Gasteiger charge is 2.19. The summed E-state index contributed by atoms with van der Waals surface area (Å²) in [5.41, 5.74) is 1.51. The van der Waals surface area contributed by atoms with E-state index in [9.17, 15) is 4.79 Å². The van der Waals surface area contributed by atoms with E-state index in [1.807, 2.05) is 6.07 Å². The molecular weight excluding hydrogens is 242 g/mol. The number of rotatable bonds is 5. The summed E-state index contributed by atoms with van der Waals surface area (Å²) in [7, 11) is 1.44. The van der Waals surface area contributed by atoms with Crippen molar-refractivity contribution in [3.63, 3.8) is 0 Å². The molecule has 0 atom stereocenters. The first-order chi connectivity index (χ1) is 9.04. The van der Waals surface area contributed by atoms with Crippen molar-refractivity contribution in [1.82, 2.24) is 4.98 Å². The molecule has 1 heterocycles. The van der Waals surface area contributed by atoms with Gasteiger partial charge < -0.3 is 4.74 Å². The summed E-state index contributed by atoms with van der Waals surface area (Å²) in [6.07, 6.45) is 3.18. The zero-order chi connectivity index (χ0) is 14.4. The number of allylic oxidation sites excluding steroid dienone is 1. The van der Waals surface area contributed by atoms with Crippen LogP contribution in [0.2, 0.25) is 0 Å². The third-order valence-corrected chi connectivity index (χ3v) is 2.63. The van der Waals surface area contributed by atoms with E-state index in [0.717, 1.165) is 10.7 Å². The molecule has 0 bridgehead atoms. The lowest BCUT2D eigenvalue weighted by atomic mass is 10.1. The van der Waals surface area contributed by atoms with Crippen molar-refractivity contribution >= 4 is 18.3 Å². The van der Waals surface area contributed by atoms with Crippen LogP contribution in [-0.4, -0.2) is 24.7 Å². The number of hydrazone groups is 1. The van der Waals surface area contributed by atoms with Crippen LogP contribution in [0, 0.1) is 0 Å². The molecule has 5 nitrogen and oxygen atoms in total. The van der Waals surface area contributed by atoms with Crippen LogP contribution in [0.3, 0.4) is 0 Å². The molecule has 0 aromatic carbocycles. The van der Waals surface area contributed by atoms with Gasteiger partial charge in [0.05, 0.1) is 19.0 Å². The Hall–Kier alpha value is -2.17. The Kier molecular flexibility index (Phi) is 5.23. The predicted molar refractivity (Wildman–Crippen MR) is 76.1 cm³/mol. The van der Waals surface area contributed by atoms with Crippen LogP contribution in [0.1, 0.15) is 32.4 Å². The number of pyridine rings is 1. The van der Waals surface area contributed by atoms with E-state index in [-0.39, 0.29) is 11.7 Å². The van der Waals surface area contributed by atoms with Gasteiger partial charge in [-0.1, -0.05) is 13.8 Å². The van der Waals surface area contributed by atoms with Crippen LogP contribution >= 0.6 is 0 Å².